The molecular formula is C22H31N3O5S2. The normalized spacial score (nSPS) is 16.3. The molecule has 4 rings (SSSR count). The summed E-state index contributed by atoms with van der Waals surface area (Å²) < 4.78 is 47.9. The lowest BCUT2D eigenvalue weighted by molar-refractivity contribution is 0.401. The molecule has 8 nitrogen and oxygen atoms in total. The van der Waals surface area contributed by atoms with Gasteiger partial charge in [0.2, 0.25) is 0 Å². The minimum absolute atomic E-state index is 0. The summed E-state index contributed by atoms with van der Waals surface area (Å²) in [5, 5.41) is 0. The van der Waals surface area contributed by atoms with E-state index in [4.69, 9.17) is 4.74 Å². The van der Waals surface area contributed by atoms with Crippen LogP contribution in [0.1, 0.15) is 42.0 Å². The van der Waals surface area contributed by atoms with Gasteiger partial charge in [-0.15, -0.1) is 0 Å². The van der Waals surface area contributed by atoms with Crippen molar-refractivity contribution in [1.29, 1.82) is 0 Å². The van der Waals surface area contributed by atoms with E-state index in [1.807, 2.05) is 31.2 Å². The Morgan fingerprint density at radius 2 is 1.94 bits per heavy atom. The lowest BCUT2D eigenvalue weighted by Gasteiger charge is -2.21. The zero-order valence-corrected chi connectivity index (χ0v) is 20.4. The zero-order valence-electron chi connectivity index (χ0n) is 18.8. The van der Waals surface area contributed by atoms with Crippen molar-refractivity contribution in [2.24, 2.45) is 0 Å². The maximum absolute atomic E-state index is 13.2. The van der Waals surface area contributed by atoms with Gasteiger partial charge >= 0.3 is 0 Å². The highest BCUT2D eigenvalue weighted by atomic mass is 32.2. The molecule has 1 aromatic carbocycles. The summed E-state index contributed by atoms with van der Waals surface area (Å²) in [4.78, 5) is 4.55. The molecule has 176 valence electrons. The molecule has 1 fully saturated rings. The van der Waals surface area contributed by atoms with Gasteiger partial charge in [0.25, 0.3) is 0 Å². The van der Waals surface area contributed by atoms with Crippen LogP contribution in [0.3, 0.4) is 0 Å². The number of rotatable bonds is 6. The molecule has 1 saturated carbocycles. The van der Waals surface area contributed by atoms with Gasteiger partial charge in [0.1, 0.15) is 27.3 Å². The minimum Gasteiger partial charge on any atom is -0.495 e. The zero-order chi connectivity index (χ0) is 22.6. The SMILES string of the molecule is COc1cc2ncc(-c3cccc(NS(=O)C4(C)CC4)c3)n2cc1S(=O)(=O)C(C)(C)C.O.[HH]. The molecule has 0 bridgehead atoms. The Hall–Kier alpha value is -2.43. The molecule has 10 heteroatoms. The predicted molar refractivity (Wildman–Crippen MR) is 129 cm³/mol. The van der Waals surface area contributed by atoms with Crippen LogP contribution in [0.2, 0.25) is 0 Å². The highest BCUT2D eigenvalue weighted by Gasteiger charge is 2.44. The second kappa shape index (κ2) is 8.17. The van der Waals surface area contributed by atoms with Gasteiger partial charge in [-0.3, -0.25) is 4.40 Å². The van der Waals surface area contributed by atoms with Crippen LogP contribution in [0.4, 0.5) is 5.69 Å². The summed E-state index contributed by atoms with van der Waals surface area (Å²) in [6, 6.07) is 9.19. The Labute approximate surface area is 192 Å². The molecule has 1 aliphatic carbocycles. The Balaban J connectivity index is 0.00000193. The molecule has 32 heavy (non-hydrogen) atoms. The molecule has 3 aromatic rings. The Morgan fingerprint density at radius 1 is 1.25 bits per heavy atom. The number of sulfone groups is 1. The summed E-state index contributed by atoms with van der Waals surface area (Å²) in [5.74, 6) is 0.267. The van der Waals surface area contributed by atoms with Gasteiger partial charge in [-0.2, -0.15) is 0 Å². The first-order chi connectivity index (χ1) is 14.5. The summed E-state index contributed by atoms with van der Waals surface area (Å²) in [5.41, 5.74) is 2.89. The van der Waals surface area contributed by atoms with Crippen LogP contribution in [0, 0.1) is 0 Å². The molecule has 0 spiro atoms. The average Bonchev–Trinajstić information content (AvgIpc) is 3.33. The standard InChI is InChI=1S/C22H27N3O4S2.H2O.H2/c1-21(2,3)31(27,28)19-14-25-17(13-23-20(25)12-18(19)29-5)15-7-6-8-16(11-15)24-30(26)22(4)9-10-22;;/h6-8,11-14,24H,9-10H2,1-5H3;1H2;1H. The molecule has 0 radical (unpaired) electrons. The first-order valence-electron chi connectivity index (χ1n) is 10.0. The number of imidazole rings is 1. The van der Waals surface area contributed by atoms with E-state index >= 15 is 0 Å². The Kier molecular flexibility index (Phi) is 6.18. The predicted octanol–water partition coefficient (Wildman–Crippen LogP) is 3.63. The number of nitrogens with zero attached hydrogens (tertiary/aromatic N) is 2. The molecule has 0 saturated heterocycles. The second-order valence-corrected chi connectivity index (χ2v) is 13.5. The number of methoxy groups -OCH3 is 1. The third-order valence-corrected chi connectivity index (χ3v) is 9.88. The van der Waals surface area contributed by atoms with Crippen molar-refractivity contribution < 1.29 is 24.3 Å². The second-order valence-electron chi connectivity index (χ2n) is 9.10. The molecule has 1 atom stereocenters. The third-order valence-electron chi connectivity index (χ3n) is 5.66. The van der Waals surface area contributed by atoms with Crippen molar-refractivity contribution in [2.75, 3.05) is 11.8 Å². The number of hydrogen-bond acceptors (Lipinski definition) is 5. The van der Waals surface area contributed by atoms with Crippen molar-refractivity contribution in [3.05, 3.63) is 42.7 Å². The number of ether oxygens (including phenoxy) is 1. The summed E-state index contributed by atoms with van der Waals surface area (Å²) >= 11 is 0. The number of hydrogen-bond donors (Lipinski definition) is 1. The smallest absolute Gasteiger partial charge is 0.188 e. The van der Waals surface area contributed by atoms with Crippen LogP contribution in [-0.2, 0) is 20.8 Å². The van der Waals surface area contributed by atoms with Gasteiger partial charge in [0, 0.05) is 24.9 Å². The minimum atomic E-state index is -3.65. The fourth-order valence-corrected chi connectivity index (χ4v) is 5.60. The molecule has 3 N–H and O–H groups in total. The molecule has 2 aromatic heterocycles. The number of aromatic nitrogens is 2. The number of benzene rings is 1. The van der Waals surface area contributed by atoms with E-state index in [0.717, 1.165) is 29.8 Å². The van der Waals surface area contributed by atoms with Crippen LogP contribution < -0.4 is 9.46 Å². The number of nitrogens with one attached hydrogen (secondary N) is 1. The van der Waals surface area contributed by atoms with Gasteiger partial charge < -0.3 is 14.9 Å². The molecule has 2 heterocycles. The summed E-state index contributed by atoms with van der Waals surface area (Å²) in [6.07, 6.45) is 5.17. The number of fused-ring (bicyclic) bond motifs is 1. The van der Waals surface area contributed by atoms with Crippen molar-refractivity contribution in [2.45, 2.75) is 54.9 Å². The van der Waals surface area contributed by atoms with E-state index in [-0.39, 0.29) is 22.3 Å². The van der Waals surface area contributed by atoms with Crippen molar-refractivity contribution in [3.8, 4) is 17.0 Å². The molecule has 1 aliphatic rings. The van der Waals surface area contributed by atoms with E-state index in [2.05, 4.69) is 9.71 Å². The maximum Gasteiger partial charge on any atom is 0.188 e. The molecule has 0 amide bonds. The van der Waals surface area contributed by atoms with Gasteiger partial charge in [0.05, 0.1) is 28.5 Å². The average molecular weight is 482 g/mol. The van der Waals surface area contributed by atoms with E-state index in [1.165, 1.54) is 7.11 Å². The van der Waals surface area contributed by atoms with Crippen LogP contribution in [0.25, 0.3) is 16.9 Å². The number of anilines is 1. The molecular weight excluding hydrogens is 450 g/mol. The quantitative estimate of drug-likeness (QED) is 0.576. The lowest BCUT2D eigenvalue weighted by Crippen LogP contribution is -2.28. The van der Waals surface area contributed by atoms with Crippen molar-refractivity contribution >= 4 is 32.2 Å². The first-order valence-corrected chi connectivity index (χ1v) is 12.7. The van der Waals surface area contributed by atoms with Crippen LogP contribution >= 0.6 is 0 Å². The van der Waals surface area contributed by atoms with Gasteiger partial charge in [-0.05, 0) is 52.7 Å². The molecule has 0 aliphatic heterocycles. The van der Waals surface area contributed by atoms with Crippen molar-refractivity contribution in [1.82, 2.24) is 9.38 Å². The Bertz CT molecular complexity index is 1300. The van der Waals surface area contributed by atoms with Crippen LogP contribution in [0.15, 0.2) is 47.6 Å². The third kappa shape index (κ3) is 4.14. The van der Waals surface area contributed by atoms with Gasteiger partial charge in [-0.1, -0.05) is 12.1 Å². The summed E-state index contributed by atoms with van der Waals surface area (Å²) in [7, 11) is -3.35. The van der Waals surface area contributed by atoms with E-state index < -0.39 is 25.6 Å². The monoisotopic (exact) mass is 481 g/mol. The molecule has 1 unspecified atom stereocenters. The Morgan fingerprint density at radius 3 is 2.53 bits per heavy atom. The topological polar surface area (TPSA) is 121 Å². The van der Waals surface area contributed by atoms with E-state index in [1.54, 1.807) is 43.6 Å². The fourth-order valence-electron chi connectivity index (χ4n) is 3.23. The summed E-state index contributed by atoms with van der Waals surface area (Å²) in [6.45, 7) is 7.00. The van der Waals surface area contributed by atoms with Gasteiger partial charge in [0.15, 0.2) is 9.84 Å². The number of pyridine rings is 1. The van der Waals surface area contributed by atoms with Crippen LogP contribution in [-0.4, -0.2) is 44.1 Å². The van der Waals surface area contributed by atoms with E-state index in [9.17, 15) is 12.6 Å². The fraction of sp³-hybridized carbons (Fsp3) is 0.409. The largest absolute Gasteiger partial charge is 0.495 e. The van der Waals surface area contributed by atoms with E-state index in [0.29, 0.717) is 5.65 Å². The van der Waals surface area contributed by atoms with Crippen molar-refractivity contribution in [3.63, 3.8) is 0 Å². The lowest BCUT2D eigenvalue weighted by atomic mass is 10.1. The first kappa shape index (κ1) is 24.2. The highest BCUT2D eigenvalue weighted by molar-refractivity contribution is 7.92. The van der Waals surface area contributed by atoms with Crippen LogP contribution in [0.5, 0.6) is 5.75 Å². The highest BCUT2D eigenvalue weighted by Crippen LogP contribution is 2.41. The maximum atomic E-state index is 13.2. The van der Waals surface area contributed by atoms with Gasteiger partial charge in [-0.25, -0.2) is 17.6 Å².